The molecule has 1 aliphatic heterocycles. The number of hydrogen-bond acceptors (Lipinski definition) is 2. The van der Waals surface area contributed by atoms with Gasteiger partial charge in [0.15, 0.2) is 10.3 Å². The minimum atomic E-state index is 0.516. The molecule has 0 unspecified atom stereocenters. The molecular weight excluding hydrogens is 238 g/mol. The molecule has 0 radical (unpaired) electrons. The largest absolute Gasteiger partial charge is 0.353 e. The van der Waals surface area contributed by atoms with Crippen LogP contribution in [0.3, 0.4) is 0 Å². The summed E-state index contributed by atoms with van der Waals surface area (Å²) < 4.78 is 0. The van der Waals surface area contributed by atoms with E-state index in [-0.39, 0.29) is 0 Å². The molecule has 1 N–H and O–H groups in total. The van der Waals surface area contributed by atoms with Gasteiger partial charge in [-0.1, -0.05) is 30.0 Å². The lowest BCUT2D eigenvalue weighted by atomic mass is 10.3. The average Bonchev–Trinajstić information content (AvgIpc) is 2.66. The van der Waals surface area contributed by atoms with Crippen molar-refractivity contribution >= 4 is 39.9 Å². The van der Waals surface area contributed by atoms with Crippen molar-refractivity contribution in [2.45, 2.75) is 0 Å². The summed E-state index contributed by atoms with van der Waals surface area (Å²) in [6.07, 6.45) is 0. The number of rotatable bonds is 1. The molecule has 1 heterocycles. The third kappa shape index (κ3) is 2.96. The van der Waals surface area contributed by atoms with Gasteiger partial charge in [0, 0.05) is 25.0 Å². The summed E-state index contributed by atoms with van der Waals surface area (Å²) in [5, 5.41) is 4.60. The Balaban J connectivity index is 1.99. The van der Waals surface area contributed by atoms with Crippen LogP contribution in [0.25, 0.3) is 0 Å². The first-order valence-corrected chi connectivity index (χ1v) is 6.44. The number of anilines is 1. The molecule has 0 spiro atoms. The molecule has 16 heavy (non-hydrogen) atoms. The number of para-hydroxylation sites is 1. The molecule has 1 aromatic rings. The second-order valence-electron chi connectivity index (χ2n) is 3.46. The molecule has 1 fully saturated rings. The fourth-order valence-electron chi connectivity index (χ4n) is 1.36. The highest BCUT2D eigenvalue weighted by Gasteiger charge is 2.15. The molecule has 1 aliphatic rings. The van der Waals surface area contributed by atoms with Gasteiger partial charge in [0.05, 0.1) is 0 Å². The van der Waals surface area contributed by atoms with Crippen molar-refractivity contribution in [1.29, 1.82) is 0 Å². The van der Waals surface area contributed by atoms with Crippen molar-refractivity contribution < 1.29 is 0 Å². The summed E-state index contributed by atoms with van der Waals surface area (Å²) in [5.41, 5.74) is 0.975. The maximum Gasteiger partial charge on any atom is 0.199 e. The molecule has 0 saturated carbocycles. The molecule has 0 amide bonds. The van der Waals surface area contributed by atoms with Crippen LogP contribution in [0.5, 0.6) is 0 Å². The number of benzene rings is 1. The van der Waals surface area contributed by atoms with Crippen LogP contribution in [-0.4, -0.2) is 34.5 Å². The number of nitrogens with zero attached hydrogens (tertiary/aromatic N) is 2. The first-order chi connectivity index (χ1) is 7.75. The minimum absolute atomic E-state index is 0.516. The van der Waals surface area contributed by atoms with E-state index < -0.39 is 0 Å². The quantitative estimate of drug-likeness (QED) is 0.776. The second-order valence-corrected chi connectivity index (χ2v) is 4.91. The van der Waals surface area contributed by atoms with Crippen molar-refractivity contribution in [2.24, 2.45) is 4.99 Å². The predicted octanol–water partition coefficient (Wildman–Crippen LogP) is 2.42. The highest BCUT2D eigenvalue weighted by Crippen LogP contribution is 2.16. The zero-order valence-electron chi connectivity index (χ0n) is 9.01. The van der Waals surface area contributed by atoms with E-state index in [9.17, 15) is 0 Å². The van der Waals surface area contributed by atoms with Gasteiger partial charge < -0.3 is 10.2 Å². The van der Waals surface area contributed by atoms with Crippen molar-refractivity contribution in [3.05, 3.63) is 30.3 Å². The summed E-state index contributed by atoms with van der Waals surface area (Å²) in [7, 11) is 2.03. The number of hydrogen-bond donors (Lipinski definition) is 1. The fraction of sp³-hybridized carbons (Fsp3) is 0.273. The Morgan fingerprint density at radius 2 is 2.19 bits per heavy atom. The van der Waals surface area contributed by atoms with Gasteiger partial charge in [-0.15, -0.1) is 0 Å². The lowest BCUT2D eigenvalue weighted by molar-refractivity contribution is 0.564. The van der Waals surface area contributed by atoms with Gasteiger partial charge in [-0.05, 0) is 24.4 Å². The van der Waals surface area contributed by atoms with Crippen LogP contribution in [0.4, 0.5) is 5.69 Å². The number of thiocarbonyl (C=S) groups is 1. The van der Waals surface area contributed by atoms with Crippen LogP contribution in [0, 0.1) is 0 Å². The monoisotopic (exact) mass is 251 g/mol. The first-order valence-electron chi connectivity index (χ1n) is 5.04. The molecule has 3 nitrogen and oxygen atoms in total. The standard InChI is InChI=1S/C11H13N3S2/c1-14-7-8-16-11(14)13-10(15)12-9-5-3-2-4-6-9/h2-6H,7-8H2,1H3,(H,12,15)/b13-11-. The molecule has 0 atom stereocenters. The number of amidine groups is 1. The molecule has 5 heteroatoms. The summed E-state index contributed by atoms with van der Waals surface area (Å²) in [6, 6.07) is 9.85. The van der Waals surface area contributed by atoms with E-state index in [2.05, 4.69) is 15.2 Å². The molecule has 2 rings (SSSR count). The van der Waals surface area contributed by atoms with Crippen molar-refractivity contribution in [2.75, 3.05) is 24.7 Å². The Kier molecular flexibility index (Phi) is 3.79. The third-order valence-electron chi connectivity index (χ3n) is 2.21. The SMILES string of the molecule is CN1CCS/C1=N\C(=S)Nc1ccccc1. The van der Waals surface area contributed by atoms with Crippen LogP contribution in [0.2, 0.25) is 0 Å². The van der Waals surface area contributed by atoms with Crippen molar-refractivity contribution in [3.8, 4) is 0 Å². The average molecular weight is 251 g/mol. The Bertz CT molecular complexity index is 403. The number of nitrogens with one attached hydrogen (secondary N) is 1. The summed E-state index contributed by atoms with van der Waals surface area (Å²) in [6.45, 7) is 1.04. The summed E-state index contributed by atoms with van der Waals surface area (Å²) in [5.74, 6) is 1.09. The van der Waals surface area contributed by atoms with Crippen molar-refractivity contribution in [1.82, 2.24) is 4.90 Å². The van der Waals surface area contributed by atoms with Gasteiger partial charge in [-0.2, -0.15) is 4.99 Å². The predicted molar refractivity (Wildman–Crippen MR) is 75.2 cm³/mol. The Morgan fingerprint density at radius 3 is 2.81 bits per heavy atom. The van der Waals surface area contributed by atoms with Gasteiger partial charge in [0.2, 0.25) is 0 Å². The molecule has 0 aromatic heterocycles. The van der Waals surface area contributed by atoms with Crippen molar-refractivity contribution in [3.63, 3.8) is 0 Å². The lowest BCUT2D eigenvalue weighted by Crippen LogP contribution is -2.20. The van der Waals surface area contributed by atoms with E-state index >= 15 is 0 Å². The normalized spacial score (nSPS) is 17.8. The summed E-state index contributed by atoms with van der Waals surface area (Å²) in [4.78, 5) is 6.49. The summed E-state index contributed by atoms with van der Waals surface area (Å²) >= 11 is 6.92. The Hall–Kier alpha value is -1.07. The topological polar surface area (TPSA) is 27.6 Å². The zero-order chi connectivity index (χ0) is 11.4. The van der Waals surface area contributed by atoms with Gasteiger partial charge in [-0.25, -0.2) is 0 Å². The minimum Gasteiger partial charge on any atom is -0.353 e. The third-order valence-corrected chi connectivity index (χ3v) is 3.45. The smallest absolute Gasteiger partial charge is 0.199 e. The second kappa shape index (κ2) is 5.32. The lowest BCUT2D eigenvalue weighted by Gasteiger charge is -2.10. The van der Waals surface area contributed by atoms with Crippen LogP contribution >= 0.6 is 24.0 Å². The van der Waals surface area contributed by atoms with Gasteiger partial charge in [0.25, 0.3) is 0 Å². The van der Waals surface area contributed by atoms with Gasteiger partial charge in [0.1, 0.15) is 0 Å². The highest BCUT2D eigenvalue weighted by molar-refractivity contribution is 8.14. The molecule has 1 aromatic carbocycles. The van der Waals surface area contributed by atoms with Gasteiger partial charge >= 0.3 is 0 Å². The van der Waals surface area contributed by atoms with Crippen LogP contribution < -0.4 is 5.32 Å². The van der Waals surface area contributed by atoms with E-state index in [0.29, 0.717) is 5.11 Å². The maximum absolute atomic E-state index is 5.19. The zero-order valence-corrected chi connectivity index (χ0v) is 10.6. The van der Waals surface area contributed by atoms with E-state index in [1.54, 1.807) is 11.8 Å². The molecule has 0 bridgehead atoms. The first kappa shape index (κ1) is 11.4. The van der Waals surface area contributed by atoms with Crippen LogP contribution in [-0.2, 0) is 0 Å². The molecular formula is C11H13N3S2. The molecule has 1 saturated heterocycles. The van der Waals surface area contributed by atoms with E-state index in [1.807, 2.05) is 37.4 Å². The van der Waals surface area contributed by atoms with E-state index in [0.717, 1.165) is 23.2 Å². The number of aliphatic imine (C=N–C) groups is 1. The maximum atomic E-state index is 5.19. The van der Waals surface area contributed by atoms with E-state index in [1.165, 1.54) is 0 Å². The molecule has 84 valence electrons. The Morgan fingerprint density at radius 1 is 1.44 bits per heavy atom. The van der Waals surface area contributed by atoms with Crippen LogP contribution in [0.15, 0.2) is 35.3 Å². The Labute approximate surface area is 105 Å². The fourth-order valence-corrected chi connectivity index (χ4v) is 2.63. The molecule has 0 aliphatic carbocycles. The van der Waals surface area contributed by atoms with Gasteiger partial charge in [-0.3, -0.25) is 0 Å². The number of thioether (sulfide) groups is 1. The van der Waals surface area contributed by atoms with E-state index in [4.69, 9.17) is 12.2 Å². The highest BCUT2D eigenvalue weighted by atomic mass is 32.2. The van der Waals surface area contributed by atoms with Crippen LogP contribution in [0.1, 0.15) is 0 Å².